The first-order chi connectivity index (χ1) is 11.2. The third-order valence-electron chi connectivity index (χ3n) is 3.78. The van der Waals surface area contributed by atoms with Gasteiger partial charge in [-0.25, -0.2) is 13.9 Å². The zero-order valence-electron chi connectivity index (χ0n) is 13.5. The Hall–Kier alpha value is -2.43. The van der Waals surface area contributed by atoms with Crippen molar-refractivity contribution in [3.05, 3.63) is 48.0 Å². The van der Waals surface area contributed by atoms with Gasteiger partial charge in [0.05, 0.1) is 6.20 Å². The monoisotopic (exact) mass is 312 g/mol. The molecule has 0 saturated carbocycles. The van der Waals surface area contributed by atoms with Gasteiger partial charge in [-0.3, -0.25) is 0 Å². The predicted molar refractivity (Wildman–Crippen MR) is 91.2 cm³/mol. The summed E-state index contributed by atoms with van der Waals surface area (Å²) in [5, 5.41) is 7.55. The summed E-state index contributed by atoms with van der Waals surface area (Å²) in [6.07, 6.45) is 6.51. The highest BCUT2D eigenvalue weighted by molar-refractivity contribution is 5.78. The van der Waals surface area contributed by atoms with Crippen LogP contribution in [0.1, 0.15) is 32.3 Å². The number of aromatic nitrogens is 3. The lowest BCUT2D eigenvalue weighted by molar-refractivity contribution is 0.630. The number of hydrogen-bond acceptors (Lipinski definition) is 3. The van der Waals surface area contributed by atoms with E-state index in [2.05, 4.69) is 29.2 Å². The van der Waals surface area contributed by atoms with Crippen molar-refractivity contribution in [3.8, 4) is 11.1 Å². The molecule has 0 atom stereocenters. The van der Waals surface area contributed by atoms with E-state index in [9.17, 15) is 4.39 Å². The highest BCUT2D eigenvalue weighted by Gasteiger charge is 2.13. The third kappa shape index (κ3) is 3.18. The minimum atomic E-state index is -0.242. The number of fused-ring (bicyclic) bond motifs is 1. The lowest BCUT2D eigenvalue weighted by Crippen LogP contribution is -2.03. The van der Waals surface area contributed by atoms with Crippen molar-refractivity contribution in [1.29, 1.82) is 0 Å². The van der Waals surface area contributed by atoms with Crippen LogP contribution in [0.5, 0.6) is 0 Å². The Bertz CT molecular complexity index is 810. The SMILES string of the molecule is CCCNc1ccn2ncc(-c3cc(CCC)ccc3F)c2n1. The van der Waals surface area contributed by atoms with Gasteiger partial charge in [0.15, 0.2) is 5.65 Å². The summed E-state index contributed by atoms with van der Waals surface area (Å²) in [6, 6.07) is 7.16. The number of nitrogens with zero attached hydrogens (tertiary/aromatic N) is 3. The molecule has 2 heterocycles. The highest BCUT2D eigenvalue weighted by Crippen LogP contribution is 2.28. The van der Waals surface area contributed by atoms with E-state index in [-0.39, 0.29) is 5.82 Å². The Morgan fingerprint density at radius 3 is 2.78 bits per heavy atom. The second-order valence-corrected chi connectivity index (χ2v) is 5.63. The number of anilines is 1. The Balaban J connectivity index is 2.07. The summed E-state index contributed by atoms with van der Waals surface area (Å²) in [5.74, 6) is 0.541. The van der Waals surface area contributed by atoms with Crippen LogP contribution in [0.3, 0.4) is 0 Å². The molecule has 120 valence electrons. The lowest BCUT2D eigenvalue weighted by atomic mass is 10.0. The molecule has 0 radical (unpaired) electrons. The van der Waals surface area contributed by atoms with Crippen LogP contribution in [0, 0.1) is 5.82 Å². The molecule has 0 amide bonds. The molecule has 23 heavy (non-hydrogen) atoms. The summed E-state index contributed by atoms with van der Waals surface area (Å²) in [5.41, 5.74) is 3.08. The van der Waals surface area contributed by atoms with Crippen molar-refractivity contribution in [1.82, 2.24) is 14.6 Å². The minimum Gasteiger partial charge on any atom is -0.370 e. The zero-order chi connectivity index (χ0) is 16.2. The molecule has 1 N–H and O–H groups in total. The summed E-state index contributed by atoms with van der Waals surface area (Å²) >= 11 is 0. The first-order valence-electron chi connectivity index (χ1n) is 8.10. The van der Waals surface area contributed by atoms with E-state index < -0.39 is 0 Å². The maximum atomic E-state index is 14.3. The molecule has 4 nitrogen and oxygen atoms in total. The number of hydrogen-bond donors (Lipinski definition) is 1. The van der Waals surface area contributed by atoms with Gasteiger partial charge in [-0.15, -0.1) is 0 Å². The maximum Gasteiger partial charge on any atom is 0.165 e. The maximum absolute atomic E-state index is 14.3. The number of rotatable bonds is 6. The van der Waals surface area contributed by atoms with Crippen molar-refractivity contribution in [3.63, 3.8) is 0 Å². The number of aryl methyl sites for hydroxylation is 1. The minimum absolute atomic E-state index is 0.242. The molecule has 0 aliphatic heterocycles. The standard InChI is InChI=1S/C18H21FN4/c1-3-5-13-6-7-16(19)14(11-13)15-12-21-23-10-8-17(20-9-4-2)22-18(15)23/h6-8,10-12H,3-5,9H2,1-2H3,(H,20,22). The predicted octanol–water partition coefficient (Wildman–Crippen LogP) is 4.31. The average molecular weight is 312 g/mol. The molecule has 0 unspecified atom stereocenters. The second-order valence-electron chi connectivity index (χ2n) is 5.63. The van der Waals surface area contributed by atoms with Crippen LogP contribution in [0.4, 0.5) is 10.2 Å². The summed E-state index contributed by atoms with van der Waals surface area (Å²) < 4.78 is 16.0. The molecular formula is C18H21FN4. The molecular weight excluding hydrogens is 291 g/mol. The Morgan fingerprint density at radius 1 is 1.13 bits per heavy atom. The van der Waals surface area contributed by atoms with E-state index in [1.165, 1.54) is 6.07 Å². The van der Waals surface area contributed by atoms with Gasteiger partial charge in [0.1, 0.15) is 11.6 Å². The van der Waals surface area contributed by atoms with Gasteiger partial charge in [-0.1, -0.05) is 26.3 Å². The van der Waals surface area contributed by atoms with E-state index in [0.29, 0.717) is 11.2 Å². The molecule has 3 aromatic rings. The third-order valence-corrected chi connectivity index (χ3v) is 3.78. The normalized spacial score (nSPS) is 11.1. The molecule has 2 aromatic heterocycles. The smallest absolute Gasteiger partial charge is 0.165 e. The second kappa shape index (κ2) is 6.77. The van der Waals surface area contributed by atoms with Crippen molar-refractivity contribution in [2.75, 3.05) is 11.9 Å². The zero-order valence-corrected chi connectivity index (χ0v) is 13.5. The fourth-order valence-corrected chi connectivity index (χ4v) is 2.63. The van der Waals surface area contributed by atoms with Crippen LogP contribution in [0.25, 0.3) is 16.8 Å². The molecule has 0 saturated heterocycles. The lowest BCUT2D eigenvalue weighted by Gasteiger charge is -2.07. The van der Waals surface area contributed by atoms with Crippen molar-refractivity contribution >= 4 is 11.5 Å². The van der Waals surface area contributed by atoms with Gasteiger partial charge in [-0.2, -0.15) is 5.10 Å². The van der Waals surface area contributed by atoms with Crippen molar-refractivity contribution in [2.24, 2.45) is 0 Å². The molecule has 1 aromatic carbocycles. The van der Waals surface area contributed by atoms with Gasteiger partial charge in [0.2, 0.25) is 0 Å². The highest BCUT2D eigenvalue weighted by atomic mass is 19.1. The van der Waals surface area contributed by atoms with Gasteiger partial charge >= 0.3 is 0 Å². The van der Waals surface area contributed by atoms with Gasteiger partial charge < -0.3 is 5.32 Å². The first kappa shape index (κ1) is 15.5. The van der Waals surface area contributed by atoms with E-state index in [0.717, 1.165) is 42.8 Å². The molecule has 5 heteroatoms. The summed E-state index contributed by atoms with van der Waals surface area (Å²) in [6.45, 7) is 5.07. The number of benzene rings is 1. The quantitative estimate of drug-likeness (QED) is 0.737. The molecule has 0 spiro atoms. The average Bonchev–Trinajstić information content (AvgIpc) is 2.98. The van der Waals surface area contributed by atoms with Crippen molar-refractivity contribution < 1.29 is 4.39 Å². The summed E-state index contributed by atoms with van der Waals surface area (Å²) in [4.78, 5) is 4.59. The summed E-state index contributed by atoms with van der Waals surface area (Å²) in [7, 11) is 0. The van der Waals surface area contributed by atoms with E-state index in [1.807, 2.05) is 24.4 Å². The molecule has 0 aliphatic carbocycles. The molecule has 0 bridgehead atoms. The van der Waals surface area contributed by atoms with Gasteiger partial charge in [0, 0.05) is 23.9 Å². The van der Waals surface area contributed by atoms with Gasteiger partial charge in [-0.05, 0) is 36.6 Å². The first-order valence-corrected chi connectivity index (χ1v) is 8.10. The van der Waals surface area contributed by atoms with Crippen LogP contribution in [0.2, 0.25) is 0 Å². The Labute approximate surface area is 135 Å². The van der Waals surface area contributed by atoms with Gasteiger partial charge in [0.25, 0.3) is 0 Å². The van der Waals surface area contributed by atoms with Crippen LogP contribution in [-0.4, -0.2) is 21.1 Å². The Kier molecular flexibility index (Phi) is 4.55. The van der Waals surface area contributed by atoms with E-state index >= 15 is 0 Å². The van der Waals surface area contributed by atoms with Crippen molar-refractivity contribution in [2.45, 2.75) is 33.1 Å². The number of halogens is 1. The van der Waals surface area contributed by atoms with Crippen LogP contribution in [-0.2, 0) is 6.42 Å². The fraction of sp³-hybridized carbons (Fsp3) is 0.333. The van der Waals surface area contributed by atoms with E-state index in [4.69, 9.17) is 0 Å². The molecule has 0 fully saturated rings. The topological polar surface area (TPSA) is 42.2 Å². The largest absolute Gasteiger partial charge is 0.370 e. The van der Waals surface area contributed by atoms with Crippen LogP contribution < -0.4 is 5.32 Å². The molecule has 0 aliphatic rings. The Morgan fingerprint density at radius 2 is 2.00 bits per heavy atom. The van der Waals surface area contributed by atoms with Crippen LogP contribution >= 0.6 is 0 Å². The molecule has 3 rings (SSSR count). The van der Waals surface area contributed by atoms with Crippen LogP contribution in [0.15, 0.2) is 36.7 Å². The fourth-order valence-electron chi connectivity index (χ4n) is 2.63. The number of nitrogens with one attached hydrogen (secondary N) is 1. The van der Waals surface area contributed by atoms with E-state index in [1.54, 1.807) is 10.7 Å².